The Labute approximate surface area is 115 Å². The Morgan fingerprint density at radius 3 is 2.63 bits per heavy atom. The zero-order valence-corrected chi connectivity index (χ0v) is 12.4. The van der Waals surface area contributed by atoms with Crippen LogP contribution in [0.2, 0.25) is 0 Å². The first-order valence-electron chi connectivity index (χ1n) is 7.45. The monoisotopic (exact) mass is 270 g/mol. The molecule has 0 radical (unpaired) electrons. The quantitative estimate of drug-likeness (QED) is 0.773. The largest absolute Gasteiger partial charge is 0.390 e. The van der Waals surface area contributed by atoms with Crippen molar-refractivity contribution >= 4 is 0 Å². The van der Waals surface area contributed by atoms with Crippen LogP contribution in [0.5, 0.6) is 0 Å². The van der Waals surface area contributed by atoms with E-state index in [0.29, 0.717) is 18.4 Å². The number of hydrogen-bond acceptors (Lipinski definition) is 4. The number of aliphatic hydroxyl groups excluding tert-OH is 1. The minimum atomic E-state index is -0.427. The Morgan fingerprint density at radius 1 is 1.42 bits per heavy atom. The van der Waals surface area contributed by atoms with Crippen LogP contribution in [0, 0.1) is 11.8 Å². The number of methoxy groups -OCH3 is 1. The summed E-state index contributed by atoms with van der Waals surface area (Å²) in [5.41, 5.74) is -0.356. The van der Waals surface area contributed by atoms with E-state index in [1.165, 1.54) is 6.42 Å². The lowest BCUT2D eigenvalue weighted by Gasteiger charge is -2.26. The number of rotatable bonds is 5. The minimum absolute atomic E-state index is 0.156. The van der Waals surface area contributed by atoms with Gasteiger partial charge in [0.25, 0.3) is 0 Å². The lowest BCUT2D eigenvalue weighted by atomic mass is 9.80. The third-order valence-electron chi connectivity index (χ3n) is 5.22. The molecule has 6 atom stereocenters. The maximum Gasteiger partial charge on any atom is 0.102 e. The second-order valence-corrected chi connectivity index (χ2v) is 7.06. The average Bonchev–Trinajstić information content (AvgIpc) is 3.19. The van der Waals surface area contributed by atoms with E-state index in [4.69, 9.17) is 14.2 Å². The number of epoxide rings is 2. The highest BCUT2D eigenvalue weighted by molar-refractivity contribution is 5.21. The third-order valence-corrected chi connectivity index (χ3v) is 5.22. The van der Waals surface area contributed by atoms with Crippen molar-refractivity contribution in [1.82, 2.24) is 0 Å². The van der Waals surface area contributed by atoms with Gasteiger partial charge in [-0.15, -0.1) is 0 Å². The highest BCUT2D eigenvalue weighted by atomic mass is 16.6. The lowest BCUT2D eigenvalue weighted by Crippen LogP contribution is -2.41. The molecular formula is C15H26O4. The number of hydrogen-bond donors (Lipinski definition) is 1. The van der Waals surface area contributed by atoms with Crippen LogP contribution in [0.4, 0.5) is 0 Å². The van der Waals surface area contributed by atoms with Gasteiger partial charge in [-0.25, -0.2) is 0 Å². The van der Waals surface area contributed by atoms with Gasteiger partial charge < -0.3 is 19.3 Å². The smallest absolute Gasteiger partial charge is 0.102 e. The maximum absolute atomic E-state index is 10.2. The van der Waals surface area contributed by atoms with E-state index in [0.717, 1.165) is 13.0 Å². The first-order chi connectivity index (χ1) is 8.93. The molecule has 4 nitrogen and oxygen atoms in total. The molecule has 3 fully saturated rings. The van der Waals surface area contributed by atoms with Gasteiger partial charge in [-0.05, 0) is 25.7 Å². The molecule has 2 unspecified atom stereocenters. The molecule has 0 aromatic heterocycles. The van der Waals surface area contributed by atoms with Crippen LogP contribution in [0.1, 0.15) is 40.0 Å². The topological polar surface area (TPSA) is 54.5 Å². The molecule has 19 heavy (non-hydrogen) atoms. The zero-order chi connectivity index (χ0) is 13.8. The molecule has 1 aliphatic carbocycles. The highest BCUT2D eigenvalue weighted by Crippen LogP contribution is 2.60. The zero-order valence-electron chi connectivity index (χ0n) is 12.4. The van der Waals surface area contributed by atoms with Crippen molar-refractivity contribution in [3.8, 4) is 0 Å². The van der Waals surface area contributed by atoms with E-state index < -0.39 is 6.10 Å². The van der Waals surface area contributed by atoms with Crippen LogP contribution >= 0.6 is 0 Å². The number of ether oxygens (including phenoxy) is 3. The molecule has 1 N–H and O–H groups in total. The molecule has 2 heterocycles. The Morgan fingerprint density at radius 2 is 2.11 bits per heavy atom. The van der Waals surface area contributed by atoms with Gasteiger partial charge in [0, 0.05) is 13.5 Å². The fourth-order valence-electron chi connectivity index (χ4n) is 4.03. The van der Waals surface area contributed by atoms with Gasteiger partial charge in [-0.2, -0.15) is 0 Å². The molecule has 3 aliphatic rings. The van der Waals surface area contributed by atoms with Gasteiger partial charge in [0.15, 0.2) is 0 Å². The Balaban J connectivity index is 1.71. The average molecular weight is 270 g/mol. The summed E-state index contributed by atoms with van der Waals surface area (Å²) in [7, 11) is 1.68. The summed E-state index contributed by atoms with van der Waals surface area (Å²) in [5, 5.41) is 10.2. The van der Waals surface area contributed by atoms with E-state index in [1.54, 1.807) is 7.11 Å². The fraction of sp³-hybridized carbons (Fsp3) is 1.00. The molecule has 2 aliphatic heterocycles. The van der Waals surface area contributed by atoms with Crippen molar-refractivity contribution in [3.05, 3.63) is 0 Å². The van der Waals surface area contributed by atoms with E-state index in [2.05, 4.69) is 20.8 Å². The van der Waals surface area contributed by atoms with Gasteiger partial charge in [-0.3, -0.25) is 0 Å². The molecular weight excluding hydrogens is 244 g/mol. The van der Waals surface area contributed by atoms with Crippen molar-refractivity contribution < 1.29 is 19.3 Å². The maximum atomic E-state index is 10.2. The van der Waals surface area contributed by atoms with E-state index >= 15 is 0 Å². The van der Waals surface area contributed by atoms with Gasteiger partial charge in [0.05, 0.1) is 30.8 Å². The molecule has 1 saturated carbocycles. The second kappa shape index (κ2) is 4.42. The van der Waals surface area contributed by atoms with Crippen LogP contribution in [0.25, 0.3) is 0 Å². The SMILES string of the molecule is CO[C@@H]1[C@H](O)C[C@]2(CO2)[C@H]1C1(C)OC1CCC(C)C. The minimum Gasteiger partial charge on any atom is -0.390 e. The van der Waals surface area contributed by atoms with Crippen LogP contribution in [0.15, 0.2) is 0 Å². The van der Waals surface area contributed by atoms with Gasteiger partial charge in [0.1, 0.15) is 11.2 Å². The van der Waals surface area contributed by atoms with Crippen molar-refractivity contribution in [1.29, 1.82) is 0 Å². The van der Waals surface area contributed by atoms with E-state index in [-0.39, 0.29) is 23.2 Å². The highest BCUT2D eigenvalue weighted by Gasteiger charge is 2.74. The Hall–Kier alpha value is -0.160. The fourth-order valence-corrected chi connectivity index (χ4v) is 4.03. The van der Waals surface area contributed by atoms with Crippen molar-refractivity contribution in [2.45, 2.75) is 69.5 Å². The van der Waals surface area contributed by atoms with Crippen molar-refractivity contribution in [3.63, 3.8) is 0 Å². The first-order valence-corrected chi connectivity index (χ1v) is 7.45. The second-order valence-electron chi connectivity index (χ2n) is 7.06. The van der Waals surface area contributed by atoms with Crippen LogP contribution in [-0.4, -0.2) is 48.3 Å². The van der Waals surface area contributed by atoms with Gasteiger partial charge in [-0.1, -0.05) is 13.8 Å². The molecule has 0 bridgehead atoms. The summed E-state index contributed by atoms with van der Waals surface area (Å²) in [6.45, 7) is 7.38. The first kappa shape index (κ1) is 13.8. The van der Waals surface area contributed by atoms with Crippen molar-refractivity contribution in [2.24, 2.45) is 11.8 Å². The third kappa shape index (κ3) is 2.13. The molecule has 0 aromatic rings. The predicted molar refractivity (Wildman–Crippen MR) is 70.9 cm³/mol. The van der Waals surface area contributed by atoms with Crippen LogP contribution in [0.3, 0.4) is 0 Å². The Bertz CT molecular complexity index is 352. The summed E-state index contributed by atoms with van der Waals surface area (Å²) < 4.78 is 17.3. The van der Waals surface area contributed by atoms with E-state index in [9.17, 15) is 5.11 Å². The summed E-state index contributed by atoms with van der Waals surface area (Å²) in [4.78, 5) is 0. The predicted octanol–water partition coefficient (Wildman–Crippen LogP) is 1.74. The normalized spacial score (nSPS) is 52.1. The van der Waals surface area contributed by atoms with Crippen LogP contribution in [-0.2, 0) is 14.2 Å². The molecule has 2 saturated heterocycles. The summed E-state index contributed by atoms with van der Waals surface area (Å²) in [5.74, 6) is 0.865. The Kier molecular flexibility index (Phi) is 3.21. The molecule has 3 rings (SSSR count). The van der Waals surface area contributed by atoms with Crippen LogP contribution < -0.4 is 0 Å². The van der Waals surface area contributed by atoms with Gasteiger partial charge in [0.2, 0.25) is 0 Å². The number of aliphatic hydroxyl groups is 1. The standard InChI is InChI=1S/C15H26O4/c1-9(2)5-6-11-14(3,19-11)13-12(17-4)10(16)7-15(13)8-18-15/h9-13,16H,5-8H2,1-4H3/t10-,11?,12-,13-,14?,15+/m1/s1. The molecule has 0 amide bonds. The lowest BCUT2D eigenvalue weighted by molar-refractivity contribution is -0.0348. The molecule has 0 aromatic carbocycles. The van der Waals surface area contributed by atoms with Crippen molar-refractivity contribution in [2.75, 3.05) is 13.7 Å². The molecule has 110 valence electrons. The molecule has 4 heteroatoms. The summed E-state index contributed by atoms with van der Waals surface area (Å²) >= 11 is 0. The van der Waals surface area contributed by atoms with E-state index in [1.807, 2.05) is 0 Å². The summed E-state index contributed by atoms with van der Waals surface area (Å²) in [6.07, 6.45) is 2.67. The van der Waals surface area contributed by atoms with Gasteiger partial charge >= 0.3 is 0 Å². The summed E-state index contributed by atoms with van der Waals surface area (Å²) in [6, 6.07) is 0. The molecule has 1 spiro atoms.